The van der Waals surface area contributed by atoms with E-state index >= 15 is 0 Å². The molecule has 1 heteroatoms. The molecule has 0 saturated carbocycles. The second kappa shape index (κ2) is 3.33. The van der Waals surface area contributed by atoms with E-state index in [0.29, 0.717) is 11.8 Å². The van der Waals surface area contributed by atoms with Crippen molar-refractivity contribution in [2.75, 3.05) is 0 Å². The molecule has 1 aromatic rings. The van der Waals surface area contributed by atoms with Gasteiger partial charge in [-0.05, 0) is 29.9 Å². The Labute approximate surface area is 79.3 Å². The summed E-state index contributed by atoms with van der Waals surface area (Å²) in [4.78, 5) is 0. The van der Waals surface area contributed by atoms with Gasteiger partial charge in [-0.25, -0.2) is 0 Å². The summed E-state index contributed by atoms with van der Waals surface area (Å²) in [6, 6.07) is 8.55. The zero-order valence-electron chi connectivity index (χ0n) is 7.96. The van der Waals surface area contributed by atoms with E-state index in [1.807, 2.05) is 0 Å². The van der Waals surface area contributed by atoms with Crippen molar-refractivity contribution in [1.29, 1.82) is 5.41 Å². The van der Waals surface area contributed by atoms with Gasteiger partial charge in [0, 0.05) is 12.1 Å². The number of benzene rings is 1. The largest absolute Gasteiger partial charge is 0.312 e. The lowest BCUT2D eigenvalue weighted by atomic mass is 9.78. The molecule has 0 amide bonds. The summed E-state index contributed by atoms with van der Waals surface area (Å²) in [7, 11) is 0. The van der Waals surface area contributed by atoms with Crippen LogP contribution in [0.4, 0.5) is 0 Å². The van der Waals surface area contributed by atoms with Gasteiger partial charge in [0.2, 0.25) is 0 Å². The fraction of sp³-hybridized carbons (Fsp3) is 0.417. The van der Waals surface area contributed by atoms with Crippen LogP contribution in [0.15, 0.2) is 24.3 Å². The van der Waals surface area contributed by atoms with Crippen LogP contribution in [-0.2, 0) is 0 Å². The third-order valence-corrected chi connectivity index (χ3v) is 3.04. The van der Waals surface area contributed by atoms with Crippen LogP contribution in [0.3, 0.4) is 0 Å². The first kappa shape index (κ1) is 8.49. The molecule has 1 aliphatic carbocycles. The van der Waals surface area contributed by atoms with Crippen molar-refractivity contribution in [2.24, 2.45) is 0 Å². The van der Waals surface area contributed by atoms with Gasteiger partial charge >= 0.3 is 0 Å². The van der Waals surface area contributed by atoms with Gasteiger partial charge in [-0.3, -0.25) is 0 Å². The fourth-order valence-electron chi connectivity index (χ4n) is 2.21. The summed E-state index contributed by atoms with van der Waals surface area (Å²) >= 11 is 0. The summed E-state index contributed by atoms with van der Waals surface area (Å²) in [6.07, 6.45) is 3.95. The Morgan fingerprint density at radius 3 is 2.62 bits per heavy atom. The van der Waals surface area contributed by atoms with Crippen LogP contribution in [0.2, 0.25) is 0 Å². The van der Waals surface area contributed by atoms with Crippen molar-refractivity contribution in [1.82, 2.24) is 0 Å². The molecule has 1 aromatic carbocycles. The van der Waals surface area contributed by atoms with Gasteiger partial charge in [0.15, 0.2) is 0 Å². The Kier molecular flexibility index (Phi) is 2.17. The van der Waals surface area contributed by atoms with E-state index in [2.05, 4.69) is 31.2 Å². The fourth-order valence-corrected chi connectivity index (χ4v) is 2.21. The van der Waals surface area contributed by atoms with Gasteiger partial charge in [0.25, 0.3) is 0 Å². The molecule has 2 atom stereocenters. The molecular weight excluding hydrogens is 158 g/mol. The molecule has 0 fully saturated rings. The number of fused-ring (bicyclic) bond motifs is 1. The van der Waals surface area contributed by atoms with E-state index in [9.17, 15) is 0 Å². The maximum Gasteiger partial charge on any atom is 0.0189 e. The first-order chi connectivity index (χ1) is 6.33. The van der Waals surface area contributed by atoms with E-state index in [1.165, 1.54) is 17.5 Å². The van der Waals surface area contributed by atoms with Crippen LogP contribution < -0.4 is 0 Å². The molecule has 1 N–H and O–H groups in total. The molecule has 0 radical (unpaired) electrons. The molecule has 0 aromatic heterocycles. The average molecular weight is 173 g/mol. The Bertz CT molecular complexity index is 317. The van der Waals surface area contributed by atoms with Crippen molar-refractivity contribution in [3.8, 4) is 0 Å². The summed E-state index contributed by atoms with van der Waals surface area (Å²) in [5.41, 5.74) is 2.82. The number of hydrogen-bond acceptors (Lipinski definition) is 1. The van der Waals surface area contributed by atoms with E-state index < -0.39 is 0 Å². The minimum absolute atomic E-state index is 0.368. The van der Waals surface area contributed by atoms with Crippen LogP contribution in [-0.4, -0.2) is 6.21 Å². The summed E-state index contributed by atoms with van der Waals surface area (Å²) in [6.45, 7) is 2.28. The molecule has 0 saturated heterocycles. The smallest absolute Gasteiger partial charge is 0.0189 e. The topological polar surface area (TPSA) is 23.9 Å². The highest BCUT2D eigenvalue weighted by molar-refractivity contribution is 5.66. The highest BCUT2D eigenvalue weighted by Crippen LogP contribution is 2.37. The van der Waals surface area contributed by atoms with Gasteiger partial charge in [0.1, 0.15) is 0 Å². The second-order valence-electron chi connectivity index (χ2n) is 3.88. The molecule has 1 unspecified atom stereocenters. The van der Waals surface area contributed by atoms with Crippen LogP contribution >= 0.6 is 0 Å². The molecule has 0 bridgehead atoms. The molecule has 1 nitrogen and oxygen atoms in total. The second-order valence-corrected chi connectivity index (χ2v) is 3.88. The molecule has 0 heterocycles. The minimum atomic E-state index is 0.368. The van der Waals surface area contributed by atoms with Crippen LogP contribution in [0.1, 0.15) is 42.7 Å². The maximum absolute atomic E-state index is 7.37. The van der Waals surface area contributed by atoms with Crippen molar-refractivity contribution >= 4 is 6.21 Å². The monoisotopic (exact) mass is 173 g/mol. The standard InChI is InChI=1S/C12H15N/c1-9-6-7-10(8-13)12-5-3-2-4-11(9)12/h2-5,8-10,13H,6-7H2,1H3/t9?,10-/m1/s1. The zero-order valence-corrected chi connectivity index (χ0v) is 7.96. The molecule has 13 heavy (non-hydrogen) atoms. The third-order valence-electron chi connectivity index (χ3n) is 3.04. The predicted molar refractivity (Wildman–Crippen MR) is 55.6 cm³/mol. The molecule has 0 aliphatic heterocycles. The van der Waals surface area contributed by atoms with Crippen molar-refractivity contribution < 1.29 is 0 Å². The van der Waals surface area contributed by atoms with Crippen molar-refractivity contribution in [2.45, 2.75) is 31.6 Å². The van der Waals surface area contributed by atoms with E-state index in [4.69, 9.17) is 5.41 Å². The van der Waals surface area contributed by atoms with Crippen LogP contribution in [0.25, 0.3) is 0 Å². The highest BCUT2D eigenvalue weighted by Gasteiger charge is 2.22. The SMILES string of the molecule is CC1CC[C@H](C=N)c2ccccc21. The van der Waals surface area contributed by atoms with E-state index in [0.717, 1.165) is 6.42 Å². The lowest BCUT2D eigenvalue weighted by Crippen LogP contribution is -2.13. The van der Waals surface area contributed by atoms with Crippen molar-refractivity contribution in [3.05, 3.63) is 35.4 Å². The van der Waals surface area contributed by atoms with Crippen molar-refractivity contribution in [3.63, 3.8) is 0 Å². The van der Waals surface area contributed by atoms with Gasteiger partial charge < -0.3 is 5.41 Å². The average Bonchev–Trinajstić information content (AvgIpc) is 2.19. The summed E-state index contributed by atoms with van der Waals surface area (Å²) in [5, 5.41) is 7.37. The Hall–Kier alpha value is -1.11. The number of nitrogens with one attached hydrogen (secondary N) is 1. The normalized spacial score (nSPS) is 26.5. The molecule has 1 aliphatic rings. The zero-order chi connectivity index (χ0) is 9.26. The van der Waals surface area contributed by atoms with E-state index in [-0.39, 0.29) is 0 Å². The maximum atomic E-state index is 7.37. The van der Waals surface area contributed by atoms with Gasteiger partial charge in [-0.15, -0.1) is 0 Å². The number of hydrogen-bond donors (Lipinski definition) is 1. The Morgan fingerprint density at radius 1 is 1.23 bits per heavy atom. The third kappa shape index (κ3) is 1.39. The van der Waals surface area contributed by atoms with Gasteiger partial charge in [-0.1, -0.05) is 31.2 Å². The molecule has 68 valence electrons. The lowest BCUT2D eigenvalue weighted by molar-refractivity contribution is 0.571. The number of rotatable bonds is 1. The predicted octanol–water partition coefficient (Wildman–Crippen LogP) is 3.32. The minimum Gasteiger partial charge on any atom is -0.312 e. The summed E-state index contributed by atoms with van der Waals surface area (Å²) < 4.78 is 0. The van der Waals surface area contributed by atoms with Gasteiger partial charge in [-0.2, -0.15) is 0 Å². The molecular formula is C12H15N. The highest BCUT2D eigenvalue weighted by atomic mass is 14.4. The molecule has 2 rings (SSSR count). The quantitative estimate of drug-likeness (QED) is 0.630. The van der Waals surface area contributed by atoms with Crippen LogP contribution in [0.5, 0.6) is 0 Å². The Balaban J connectivity index is 2.47. The van der Waals surface area contributed by atoms with Gasteiger partial charge in [0.05, 0.1) is 0 Å². The first-order valence-corrected chi connectivity index (χ1v) is 4.92. The Morgan fingerprint density at radius 2 is 1.92 bits per heavy atom. The lowest BCUT2D eigenvalue weighted by Gasteiger charge is -2.27. The molecule has 0 spiro atoms. The van der Waals surface area contributed by atoms with Crippen LogP contribution in [0, 0.1) is 5.41 Å². The first-order valence-electron chi connectivity index (χ1n) is 4.92. The summed E-state index contributed by atoms with van der Waals surface area (Å²) in [5.74, 6) is 1.04. The van der Waals surface area contributed by atoms with E-state index in [1.54, 1.807) is 6.21 Å².